The fourth-order valence-corrected chi connectivity index (χ4v) is 5.98. The van der Waals surface area contributed by atoms with Gasteiger partial charge in [0.15, 0.2) is 0 Å². The Hall–Kier alpha value is -6.96. The van der Waals surface area contributed by atoms with Crippen LogP contribution in [0.25, 0.3) is 66.4 Å². The number of hydrogen-bond donors (Lipinski definition) is 0. The SMILES string of the molecule is [2H]c1c([2H])c([2H])c(-c2c([2H])c([2H])c(-c3c(-c4c([2H])c([2H])c(N(c5c([2H])c([2H])c(-c6c([2H])c([2H])c([2H])c([2H])c6[2H])c([2H])c5[2H])c5c([2H])c([2H])c([2H])c6c5-c5c([2H])c([2H])c([2H])c([2H])c5C6(C([2H])([2H])[2H])C([2H])([2H])[2H])c([2H])c4[2H])c([2H])c4c([2H])c([2H])c([2H])c([2H])c4c3[2H])c([2H])c2[2H])c([2H])c1[2H]. The van der Waals surface area contributed by atoms with E-state index in [0.29, 0.717) is 0 Å². The van der Waals surface area contributed by atoms with Crippen molar-refractivity contribution in [1.82, 2.24) is 0 Å². The van der Waals surface area contributed by atoms with E-state index in [1.165, 1.54) is 0 Å². The third-order valence-electron chi connectivity index (χ3n) is 8.50. The molecule has 0 fully saturated rings. The van der Waals surface area contributed by atoms with Crippen molar-refractivity contribution >= 4 is 27.8 Å². The molecule has 0 unspecified atom stereocenters. The first-order valence-corrected chi connectivity index (χ1v) is 16.2. The van der Waals surface area contributed by atoms with Gasteiger partial charge in [0.1, 0.15) is 0 Å². The van der Waals surface area contributed by atoms with E-state index in [2.05, 4.69) is 0 Å². The van der Waals surface area contributed by atoms with Crippen molar-refractivity contribution in [2.24, 2.45) is 0 Å². The molecule has 1 heteroatoms. The minimum Gasteiger partial charge on any atom is -0.310 e. The lowest BCUT2D eigenvalue weighted by molar-refractivity contribution is 0.660. The summed E-state index contributed by atoms with van der Waals surface area (Å²) < 4.78 is 373. The van der Waals surface area contributed by atoms with E-state index in [1.807, 2.05) is 0 Å². The highest BCUT2D eigenvalue weighted by atomic mass is 15.1. The smallest absolute Gasteiger partial charge is 0.0645 e. The molecule has 0 heterocycles. The van der Waals surface area contributed by atoms with Gasteiger partial charge in [-0.3, -0.25) is 0 Å². The molecule has 0 atom stereocenters. The number of benzene rings is 9. The van der Waals surface area contributed by atoms with Gasteiger partial charge in [-0.1, -0.05) is 183 Å². The third-order valence-corrected chi connectivity index (χ3v) is 8.50. The molecule has 1 aliphatic carbocycles. The van der Waals surface area contributed by atoms with Crippen molar-refractivity contribution in [1.29, 1.82) is 0 Å². The Morgan fingerprint density at radius 3 is 1.36 bits per heavy atom. The van der Waals surface area contributed by atoms with Crippen LogP contribution in [0.1, 0.15) is 81.0 Å². The average molecular weight is 757 g/mol. The lowest BCUT2D eigenvalue weighted by Gasteiger charge is -2.29. The molecule has 0 amide bonds. The quantitative estimate of drug-likeness (QED) is 0.157. The largest absolute Gasteiger partial charge is 0.310 e. The van der Waals surface area contributed by atoms with E-state index in [9.17, 15) is 26.0 Å². The van der Waals surface area contributed by atoms with Crippen LogP contribution in [0.5, 0.6) is 0 Å². The number of rotatable bonds is 7. The predicted octanol–water partition coefficient (Wildman–Crippen LogP) is 15.3. The summed E-state index contributed by atoms with van der Waals surface area (Å²) in [7, 11) is 0. The zero-order valence-corrected chi connectivity index (χ0v) is 27.9. The van der Waals surface area contributed by atoms with Crippen molar-refractivity contribution in [3.8, 4) is 55.6 Å². The average Bonchev–Trinajstić information content (AvgIpc) is 1.51. The van der Waals surface area contributed by atoms with Gasteiger partial charge in [0.25, 0.3) is 0 Å². The molecule has 0 bridgehead atoms. The van der Waals surface area contributed by atoms with Crippen molar-refractivity contribution < 1.29 is 56.2 Å². The number of fused-ring (bicyclic) bond motifs is 4. The Bertz CT molecular complexity index is 4980. The summed E-state index contributed by atoms with van der Waals surface area (Å²) in [5.74, 6) is 0. The molecule has 0 saturated carbocycles. The first-order chi connectivity index (χ1) is 44.6. The minimum absolute atomic E-state index is 0.102. The maximum atomic E-state index is 10.0. The van der Waals surface area contributed by atoms with Crippen LogP contribution in [0.3, 0.4) is 0 Å². The van der Waals surface area contributed by atoms with E-state index in [1.54, 1.807) is 0 Å². The number of nitrogens with zero attached hydrogens (tertiary/aromatic N) is 1. The molecule has 0 saturated heterocycles. The maximum Gasteiger partial charge on any atom is 0.0645 e. The predicted molar refractivity (Wildman–Crippen MR) is 238 cm³/mol. The van der Waals surface area contributed by atoms with Gasteiger partial charge in [0, 0.05) is 30.6 Å². The van der Waals surface area contributed by atoms with Crippen LogP contribution in [0.2, 0.25) is 0 Å². The van der Waals surface area contributed by atoms with Gasteiger partial charge in [-0.2, -0.15) is 0 Å². The maximum absolute atomic E-state index is 10.0. The van der Waals surface area contributed by atoms with Crippen LogP contribution >= 0.6 is 0 Å². The summed E-state index contributed by atoms with van der Waals surface area (Å²) in [6.07, 6.45) is 0. The molecular weight excluding hydrogens is 675 g/mol. The highest BCUT2D eigenvalue weighted by molar-refractivity contribution is 5.98. The highest BCUT2D eigenvalue weighted by Gasteiger charge is 2.37. The van der Waals surface area contributed by atoms with Crippen LogP contribution in [0.4, 0.5) is 17.1 Å². The van der Waals surface area contributed by atoms with E-state index < -0.39 is 325 Å². The number of anilines is 3. The molecule has 9 aromatic carbocycles. The summed E-state index contributed by atoms with van der Waals surface area (Å²) in [5.41, 5.74) is -22.0. The molecule has 0 aliphatic heterocycles. The van der Waals surface area contributed by atoms with Gasteiger partial charge in [0.05, 0.1) is 53.7 Å². The summed E-state index contributed by atoms with van der Waals surface area (Å²) in [6.45, 7) is -8.23. The van der Waals surface area contributed by atoms with Crippen LogP contribution in [0.15, 0.2) is 211 Å². The zero-order chi connectivity index (χ0) is 73.1. The first-order valence-electron chi connectivity index (χ1n) is 36.7. The van der Waals surface area contributed by atoms with Crippen LogP contribution in [-0.4, -0.2) is 0 Å². The summed E-state index contributed by atoms with van der Waals surface area (Å²) in [5, 5.41) is -1.81. The van der Waals surface area contributed by atoms with E-state index in [0.717, 1.165) is 0 Å². The van der Waals surface area contributed by atoms with Gasteiger partial charge in [-0.05, 0) is 114 Å². The molecule has 10 rings (SSSR count). The van der Waals surface area contributed by atoms with Gasteiger partial charge >= 0.3 is 0 Å². The summed E-state index contributed by atoms with van der Waals surface area (Å²) in [6, 6.07) is -43.9. The highest BCUT2D eigenvalue weighted by Crippen LogP contribution is 2.54. The lowest BCUT2D eigenvalue weighted by atomic mass is 9.82. The first kappa shape index (κ1) is 11.5. The van der Waals surface area contributed by atoms with Crippen molar-refractivity contribution in [3.05, 3.63) is 223 Å². The molecule has 0 aromatic heterocycles. The second-order valence-electron chi connectivity index (χ2n) is 11.8. The van der Waals surface area contributed by atoms with Crippen molar-refractivity contribution in [2.75, 3.05) is 4.90 Å². The van der Waals surface area contributed by atoms with Gasteiger partial charge in [0.2, 0.25) is 0 Å². The second kappa shape index (κ2) is 13.7. The molecule has 1 nitrogen and oxygen atoms in total. The third kappa shape index (κ3) is 5.81. The molecule has 0 N–H and O–H groups in total. The fraction of sp³-hybridized carbons (Fsp3) is 0.0545. The Kier molecular flexibility index (Phi) is 2.83. The van der Waals surface area contributed by atoms with Crippen LogP contribution < -0.4 is 4.90 Å². The van der Waals surface area contributed by atoms with Gasteiger partial charge in [-0.15, -0.1) is 0 Å². The van der Waals surface area contributed by atoms with E-state index in [-0.39, 0.29) is 4.90 Å². The normalized spacial score (nSPS) is 23.4. The minimum atomic E-state index is -4.12. The van der Waals surface area contributed by atoms with Crippen LogP contribution in [-0.2, 0) is 5.41 Å². The molecule has 56 heavy (non-hydrogen) atoms. The standard InChI is InChI=1S/C55H41N/c1-55(2)51-21-12-11-20-48(51)54-52(55)22-13-23-53(54)56(46-32-28-41(29-33-46)39-16-7-4-8-17-39)47-34-30-43(31-35-47)50-37-45-19-10-9-18-44(45)36-49(50)42-26-24-40(25-27-42)38-14-5-3-6-15-38/h3-37H,1-2H3/i1D3,2D3,3D,4D,5D,6D,7D,8D,9D,10D,11D,12D,13D,14D,15D,16D,17D,18D,19D,20D,21D,22D,23D,24D,25D,26D,27D,28D,29D,30D,31D,32D,33D,34D,35D,36D,37D. The van der Waals surface area contributed by atoms with Crippen molar-refractivity contribution in [2.45, 2.75) is 19.1 Å². The summed E-state index contributed by atoms with van der Waals surface area (Å²) >= 11 is 0. The summed E-state index contributed by atoms with van der Waals surface area (Å²) in [4.78, 5) is 0.102. The zero-order valence-electron chi connectivity index (χ0n) is 68.9. The Morgan fingerprint density at radius 2 is 0.804 bits per heavy atom. The van der Waals surface area contributed by atoms with E-state index in [4.69, 9.17) is 30.2 Å². The Balaban J connectivity index is 1.46. The van der Waals surface area contributed by atoms with Gasteiger partial charge in [-0.25, -0.2) is 0 Å². The molecular formula is C55H41N. The molecule has 0 radical (unpaired) electrons. The topological polar surface area (TPSA) is 3.24 Å². The monoisotopic (exact) mass is 757 g/mol. The van der Waals surface area contributed by atoms with Gasteiger partial charge < -0.3 is 4.90 Å². The molecule has 1 aliphatic rings. The molecule has 0 spiro atoms. The molecule has 266 valence electrons. The van der Waals surface area contributed by atoms with Crippen molar-refractivity contribution in [3.63, 3.8) is 0 Å². The Morgan fingerprint density at radius 1 is 0.375 bits per heavy atom. The Labute approximate surface area is 387 Å². The second-order valence-corrected chi connectivity index (χ2v) is 11.8. The number of hydrogen-bond acceptors (Lipinski definition) is 1. The lowest BCUT2D eigenvalue weighted by Crippen LogP contribution is -2.16. The molecule has 9 aromatic rings. The van der Waals surface area contributed by atoms with Crippen LogP contribution in [0, 0.1) is 0 Å². The van der Waals surface area contributed by atoms with E-state index >= 15 is 0 Å². The fourth-order valence-electron chi connectivity index (χ4n) is 5.98.